The molecule has 1 amide bonds. The van der Waals surface area contributed by atoms with E-state index in [0.29, 0.717) is 0 Å². The molecule has 0 aromatic carbocycles. The molecule has 0 unspecified atom stereocenters. The molecule has 2 N–H and O–H groups in total. The number of nitrogens with one attached hydrogen (secondary N) is 2. The highest BCUT2D eigenvalue weighted by atomic mass is 32.1. The van der Waals surface area contributed by atoms with Crippen LogP contribution in [-0.2, 0) is 9.47 Å². The SMILES string of the molecule is CCOC(=O)NC(=S)Nc1nc(OC)ccc1C(=O)OC. The first-order valence-corrected chi connectivity index (χ1v) is 6.30. The molecule has 1 aromatic heterocycles. The van der Waals surface area contributed by atoms with E-state index in [2.05, 4.69) is 25.1 Å². The number of ether oxygens (including phenoxy) is 3. The number of aromatic nitrogens is 1. The number of rotatable bonds is 4. The predicted octanol–water partition coefficient (Wildman–Crippen LogP) is 1.32. The molecule has 21 heavy (non-hydrogen) atoms. The van der Waals surface area contributed by atoms with Crippen LogP contribution in [0.15, 0.2) is 12.1 Å². The van der Waals surface area contributed by atoms with Crippen LogP contribution in [0.25, 0.3) is 0 Å². The van der Waals surface area contributed by atoms with Gasteiger partial charge in [-0.1, -0.05) is 0 Å². The number of methoxy groups -OCH3 is 2. The Morgan fingerprint density at radius 2 is 2.05 bits per heavy atom. The first kappa shape index (κ1) is 16.6. The van der Waals surface area contributed by atoms with Gasteiger partial charge in [-0.3, -0.25) is 5.32 Å². The molecule has 0 aliphatic rings. The van der Waals surface area contributed by atoms with Crippen LogP contribution in [0.5, 0.6) is 5.88 Å². The summed E-state index contributed by atoms with van der Waals surface area (Å²) in [7, 11) is 2.67. The Labute approximate surface area is 126 Å². The monoisotopic (exact) mass is 313 g/mol. The van der Waals surface area contributed by atoms with Crippen molar-refractivity contribution in [3.8, 4) is 5.88 Å². The number of thiocarbonyl (C=S) groups is 1. The summed E-state index contributed by atoms with van der Waals surface area (Å²) in [5.41, 5.74) is 0.145. The van der Waals surface area contributed by atoms with Crippen molar-refractivity contribution in [1.29, 1.82) is 0 Å². The number of pyridine rings is 1. The van der Waals surface area contributed by atoms with E-state index in [9.17, 15) is 9.59 Å². The first-order chi connectivity index (χ1) is 10.0. The fraction of sp³-hybridized carbons (Fsp3) is 0.333. The van der Waals surface area contributed by atoms with Crippen molar-refractivity contribution in [2.75, 3.05) is 26.1 Å². The van der Waals surface area contributed by atoms with Gasteiger partial charge in [0, 0.05) is 6.07 Å². The number of carbonyl (C=O) groups excluding carboxylic acids is 2. The van der Waals surface area contributed by atoms with Gasteiger partial charge in [0.2, 0.25) is 5.88 Å². The van der Waals surface area contributed by atoms with Crippen LogP contribution < -0.4 is 15.4 Å². The van der Waals surface area contributed by atoms with Gasteiger partial charge in [0.05, 0.1) is 20.8 Å². The largest absolute Gasteiger partial charge is 0.481 e. The smallest absolute Gasteiger partial charge is 0.413 e. The third-order valence-electron chi connectivity index (χ3n) is 2.21. The van der Waals surface area contributed by atoms with Crippen molar-refractivity contribution in [1.82, 2.24) is 10.3 Å². The lowest BCUT2D eigenvalue weighted by molar-refractivity contribution is 0.0601. The Morgan fingerprint density at radius 1 is 1.33 bits per heavy atom. The third kappa shape index (κ3) is 4.88. The van der Waals surface area contributed by atoms with E-state index in [0.717, 1.165) is 0 Å². The number of hydrogen-bond donors (Lipinski definition) is 2. The fourth-order valence-electron chi connectivity index (χ4n) is 1.32. The highest BCUT2D eigenvalue weighted by Crippen LogP contribution is 2.18. The first-order valence-electron chi connectivity index (χ1n) is 5.89. The second-order valence-corrected chi connectivity index (χ2v) is 3.95. The molecular formula is C12H15N3O5S. The number of anilines is 1. The summed E-state index contributed by atoms with van der Waals surface area (Å²) in [5.74, 6) is -0.237. The van der Waals surface area contributed by atoms with E-state index in [1.54, 1.807) is 6.92 Å². The van der Waals surface area contributed by atoms with Crippen LogP contribution in [0, 0.1) is 0 Å². The summed E-state index contributed by atoms with van der Waals surface area (Å²) in [6.07, 6.45) is -0.711. The third-order valence-corrected chi connectivity index (χ3v) is 2.41. The molecule has 0 bridgehead atoms. The molecule has 114 valence electrons. The molecule has 0 aliphatic heterocycles. The van der Waals surface area contributed by atoms with Crippen molar-refractivity contribution >= 4 is 35.2 Å². The molecule has 0 saturated heterocycles. The number of carbonyl (C=O) groups is 2. The molecule has 8 nitrogen and oxygen atoms in total. The van der Waals surface area contributed by atoms with Crippen LogP contribution in [0.1, 0.15) is 17.3 Å². The molecule has 0 radical (unpaired) electrons. The van der Waals surface area contributed by atoms with Crippen molar-refractivity contribution in [3.05, 3.63) is 17.7 Å². The number of amides is 1. The van der Waals surface area contributed by atoms with Crippen LogP contribution in [0.3, 0.4) is 0 Å². The van der Waals surface area contributed by atoms with E-state index in [1.165, 1.54) is 26.4 Å². The van der Waals surface area contributed by atoms with Gasteiger partial charge in [-0.2, -0.15) is 4.98 Å². The summed E-state index contributed by atoms with van der Waals surface area (Å²) in [6, 6.07) is 2.96. The second kappa shape index (κ2) is 8.00. The number of esters is 1. The van der Waals surface area contributed by atoms with Gasteiger partial charge in [0.25, 0.3) is 0 Å². The van der Waals surface area contributed by atoms with Gasteiger partial charge in [0.1, 0.15) is 5.56 Å². The maximum Gasteiger partial charge on any atom is 0.413 e. The molecule has 0 atom stereocenters. The van der Waals surface area contributed by atoms with Gasteiger partial charge in [-0.05, 0) is 25.2 Å². The van der Waals surface area contributed by atoms with Crippen molar-refractivity contribution in [2.24, 2.45) is 0 Å². The molecule has 0 spiro atoms. The van der Waals surface area contributed by atoms with E-state index in [-0.39, 0.29) is 29.0 Å². The minimum atomic E-state index is -0.711. The lowest BCUT2D eigenvalue weighted by Crippen LogP contribution is -2.35. The average molecular weight is 313 g/mol. The van der Waals surface area contributed by atoms with Crippen LogP contribution in [0.2, 0.25) is 0 Å². The van der Waals surface area contributed by atoms with Crippen LogP contribution >= 0.6 is 12.2 Å². The number of hydrogen-bond acceptors (Lipinski definition) is 7. The van der Waals surface area contributed by atoms with Gasteiger partial charge in [-0.15, -0.1) is 0 Å². The Balaban J connectivity index is 2.91. The Bertz CT molecular complexity index is 550. The molecule has 1 aromatic rings. The zero-order chi connectivity index (χ0) is 15.8. The molecule has 0 aliphatic carbocycles. The normalized spacial score (nSPS) is 9.48. The lowest BCUT2D eigenvalue weighted by Gasteiger charge is -2.12. The molecule has 9 heteroatoms. The van der Waals surface area contributed by atoms with Gasteiger partial charge < -0.3 is 19.5 Å². The summed E-state index contributed by atoms with van der Waals surface area (Å²) >= 11 is 4.93. The highest BCUT2D eigenvalue weighted by Gasteiger charge is 2.16. The molecule has 0 saturated carbocycles. The average Bonchev–Trinajstić information content (AvgIpc) is 2.46. The van der Waals surface area contributed by atoms with Crippen molar-refractivity contribution < 1.29 is 23.8 Å². The Morgan fingerprint density at radius 3 is 2.62 bits per heavy atom. The van der Waals surface area contributed by atoms with Gasteiger partial charge in [-0.25, -0.2) is 9.59 Å². The quantitative estimate of drug-likeness (QED) is 0.634. The highest BCUT2D eigenvalue weighted by molar-refractivity contribution is 7.80. The van der Waals surface area contributed by atoms with Crippen LogP contribution in [-0.4, -0.2) is 43.0 Å². The predicted molar refractivity (Wildman–Crippen MR) is 78.5 cm³/mol. The van der Waals surface area contributed by atoms with E-state index in [4.69, 9.17) is 17.0 Å². The summed E-state index contributed by atoms with van der Waals surface area (Å²) in [5, 5.41) is 4.82. The molecular weight excluding hydrogens is 298 g/mol. The molecule has 1 heterocycles. The van der Waals surface area contributed by atoms with Crippen LogP contribution in [0.4, 0.5) is 10.6 Å². The summed E-state index contributed by atoms with van der Waals surface area (Å²) in [4.78, 5) is 26.9. The Kier molecular flexibility index (Phi) is 6.34. The standard InChI is InChI=1S/C12H15N3O5S/c1-4-20-12(17)15-11(21)14-9-7(10(16)19-3)5-6-8(13-9)18-2/h5-6H,4H2,1-3H3,(H2,13,14,15,17,21). The topological polar surface area (TPSA) is 98.8 Å². The maximum atomic E-state index is 11.6. The van der Waals surface area contributed by atoms with E-state index >= 15 is 0 Å². The summed E-state index contributed by atoms with van der Waals surface area (Å²) in [6.45, 7) is 1.87. The van der Waals surface area contributed by atoms with Gasteiger partial charge >= 0.3 is 12.1 Å². The fourth-order valence-corrected chi connectivity index (χ4v) is 1.50. The molecule has 1 rings (SSSR count). The zero-order valence-corrected chi connectivity index (χ0v) is 12.6. The Hall–Kier alpha value is -2.42. The minimum absolute atomic E-state index is 0.0700. The van der Waals surface area contributed by atoms with Gasteiger partial charge in [0.15, 0.2) is 10.9 Å². The second-order valence-electron chi connectivity index (χ2n) is 3.54. The number of alkyl carbamates (subject to hydrolysis) is 1. The zero-order valence-electron chi connectivity index (χ0n) is 11.8. The summed E-state index contributed by atoms with van der Waals surface area (Å²) < 4.78 is 14.3. The minimum Gasteiger partial charge on any atom is -0.481 e. The number of nitrogens with zero attached hydrogens (tertiary/aromatic N) is 1. The maximum absolute atomic E-state index is 11.6. The van der Waals surface area contributed by atoms with E-state index < -0.39 is 12.1 Å². The molecule has 0 fully saturated rings. The lowest BCUT2D eigenvalue weighted by atomic mass is 10.2. The van der Waals surface area contributed by atoms with Crippen molar-refractivity contribution in [2.45, 2.75) is 6.92 Å². The van der Waals surface area contributed by atoms with E-state index in [1.807, 2.05) is 0 Å². The van der Waals surface area contributed by atoms with Crippen molar-refractivity contribution in [3.63, 3.8) is 0 Å².